The van der Waals surface area contributed by atoms with Crippen molar-refractivity contribution >= 4 is 26.0 Å². The highest BCUT2D eigenvalue weighted by molar-refractivity contribution is 9.09. The highest BCUT2D eigenvalue weighted by atomic mass is 79.9. The van der Waals surface area contributed by atoms with Gasteiger partial charge in [0.15, 0.2) is 0 Å². The molecule has 1 aromatic rings. The van der Waals surface area contributed by atoms with E-state index in [1.54, 1.807) is 0 Å². The molecule has 18 heavy (non-hydrogen) atoms. The molecule has 4 nitrogen and oxygen atoms in total. The first-order valence-electron chi connectivity index (χ1n) is 5.34. The number of sulfonamides is 1. The maximum absolute atomic E-state index is 13.4. The fourth-order valence-corrected chi connectivity index (χ4v) is 2.74. The van der Waals surface area contributed by atoms with Gasteiger partial charge in [-0.3, -0.25) is 0 Å². The number of alkyl halides is 1. The third-order valence-electron chi connectivity index (χ3n) is 2.30. The molecule has 102 valence electrons. The number of likely N-dealkylation sites (N-methyl/N-ethyl adjacent to an activating group) is 1. The van der Waals surface area contributed by atoms with Gasteiger partial charge in [-0.05, 0) is 12.1 Å². The Hall–Kier alpha value is -0.500. The fourth-order valence-electron chi connectivity index (χ4n) is 1.29. The second-order valence-corrected chi connectivity index (χ2v) is 6.36. The van der Waals surface area contributed by atoms with Gasteiger partial charge in [0, 0.05) is 18.9 Å². The van der Waals surface area contributed by atoms with Gasteiger partial charge in [0.2, 0.25) is 10.0 Å². The molecule has 0 heterocycles. The average Bonchev–Trinajstić information content (AvgIpc) is 2.34. The van der Waals surface area contributed by atoms with Gasteiger partial charge in [0.05, 0.1) is 13.2 Å². The summed E-state index contributed by atoms with van der Waals surface area (Å²) in [6.07, 6.45) is 0. The van der Waals surface area contributed by atoms with Crippen molar-refractivity contribution in [2.45, 2.75) is 4.90 Å². The lowest BCUT2D eigenvalue weighted by Gasteiger charge is -2.17. The summed E-state index contributed by atoms with van der Waals surface area (Å²) >= 11 is 3.20. The van der Waals surface area contributed by atoms with Crippen molar-refractivity contribution < 1.29 is 17.5 Å². The Morgan fingerprint density at radius 2 is 2.00 bits per heavy atom. The molecule has 0 saturated carbocycles. The summed E-state index contributed by atoms with van der Waals surface area (Å²) in [6.45, 7) is 0.965. The quantitative estimate of drug-likeness (QED) is 0.562. The van der Waals surface area contributed by atoms with Crippen LogP contribution < -0.4 is 0 Å². The lowest BCUT2D eigenvalue weighted by atomic mass is 10.4. The number of rotatable bonds is 7. The third kappa shape index (κ3) is 4.01. The molecule has 7 heteroatoms. The number of hydrogen-bond donors (Lipinski definition) is 0. The number of ether oxygens (including phenoxy) is 1. The van der Waals surface area contributed by atoms with Gasteiger partial charge in [-0.25, -0.2) is 12.8 Å². The third-order valence-corrected chi connectivity index (χ3v) is 4.51. The predicted octanol–water partition coefficient (Wildman–Crippen LogP) is 1.86. The van der Waals surface area contributed by atoms with E-state index in [1.165, 1.54) is 25.2 Å². The van der Waals surface area contributed by atoms with Crippen molar-refractivity contribution in [3.05, 3.63) is 30.1 Å². The summed E-state index contributed by atoms with van der Waals surface area (Å²) in [5.74, 6) is -0.745. The van der Waals surface area contributed by atoms with E-state index in [1.807, 2.05) is 0 Å². The van der Waals surface area contributed by atoms with Crippen LogP contribution >= 0.6 is 15.9 Å². The lowest BCUT2D eigenvalue weighted by Crippen LogP contribution is -2.31. The Bertz CT molecular complexity index is 481. The standard InChI is InChI=1S/C11H15BrFNO3S/c1-14(7-9-17-8-6-12)18(15,16)11-5-3-2-4-10(11)13/h2-5H,6-9H2,1H3. The van der Waals surface area contributed by atoms with E-state index in [0.717, 1.165) is 10.4 Å². The highest BCUT2D eigenvalue weighted by Gasteiger charge is 2.23. The van der Waals surface area contributed by atoms with Crippen LogP contribution in [0, 0.1) is 5.82 Å². The molecular weight excluding hydrogens is 325 g/mol. The largest absolute Gasteiger partial charge is 0.379 e. The van der Waals surface area contributed by atoms with Crippen molar-refractivity contribution in [2.24, 2.45) is 0 Å². The molecular formula is C11H15BrFNO3S. The monoisotopic (exact) mass is 339 g/mol. The van der Waals surface area contributed by atoms with Crippen molar-refractivity contribution in [1.29, 1.82) is 0 Å². The van der Waals surface area contributed by atoms with Crippen LogP contribution in [0.15, 0.2) is 29.2 Å². The maximum Gasteiger partial charge on any atom is 0.245 e. The topological polar surface area (TPSA) is 46.6 Å². The Balaban J connectivity index is 2.72. The van der Waals surface area contributed by atoms with Crippen LogP contribution in [0.4, 0.5) is 4.39 Å². The second-order valence-electron chi connectivity index (χ2n) is 3.56. The van der Waals surface area contributed by atoms with E-state index < -0.39 is 15.8 Å². The van der Waals surface area contributed by atoms with E-state index in [4.69, 9.17) is 4.74 Å². The molecule has 0 radical (unpaired) electrons. The van der Waals surface area contributed by atoms with Crippen molar-refractivity contribution in [3.63, 3.8) is 0 Å². The molecule has 0 atom stereocenters. The smallest absolute Gasteiger partial charge is 0.245 e. The van der Waals surface area contributed by atoms with Crippen molar-refractivity contribution in [1.82, 2.24) is 4.31 Å². The van der Waals surface area contributed by atoms with Gasteiger partial charge in [-0.1, -0.05) is 28.1 Å². The molecule has 0 amide bonds. The highest BCUT2D eigenvalue weighted by Crippen LogP contribution is 2.17. The molecule has 0 N–H and O–H groups in total. The summed E-state index contributed by atoms with van der Waals surface area (Å²) in [7, 11) is -2.39. The number of nitrogens with zero attached hydrogens (tertiary/aromatic N) is 1. The first kappa shape index (κ1) is 15.6. The molecule has 0 fully saturated rings. The minimum absolute atomic E-state index is 0.184. The van der Waals surface area contributed by atoms with Gasteiger partial charge in [0.1, 0.15) is 10.7 Å². The average molecular weight is 340 g/mol. The zero-order valence-corrected chi connectivity index (χ0v) is 12.4. The number of halogens is 2. The molecule has 0 aliphatic rings. The molecule has 0 aliphatic carbocycles. The van der Waals surface area contributed by atoms with E-state index in [9.17, 15) is 12.8 Å². The second kappa shape index (κ2) is 7.18. The fraction of sp³-hybridized carbons (Fsp3) is 0.455. The van der Waals surface area contributed by atoms with Crippen LogP contribution in [0.3, 0.4) is 0 Å². The molecule has 0 saturated heterocycles. The summed E-state index contributed by atoms with van der Waals surface area (Å²) in [5.41, 5.74) is 0. The molecule has 1 rings (SSSR count). The number of hydrogen-bond acceptors (Lipinski definition) is 3. The summed E-state index contributed by atoms with van der Waals surface area (Å²) in [4.78, 5) is -0.312. The zero-order valence-electron chi connectivity index (χ0n) is 9.97. The van der Waals surface area contributed by atoms with Crippen LogP contribution in [0.2, 0.25) is 0 Å². The Kier molecular flexibility index (Phi) is 6.20. The summed E-state index contributed by atoms with van der Waals surface area (Å²) < 4.78 is 43.8. The van der Waals surface area contributed by atoms with Crippen LogP contribution in [0.1, 0.15) is 0 Å². The van der Waals surface area contributed by atoms with Crippen LogP contribution in [-0.2, 0) is 14.8 Å². The summed E-state index contributed by atoms with van der Waals surface area (Å²) in [6, 6.07) is 5.32. The van der Waals surface area contributed by atoms with Crippen molar-refractivity contribution in [3.8, 4) is 0 Å². The number of benzene rings is 1. The Morgan fingerprint density at radius 3 is 2.61 bits per heavy atom. The predicted molar refractivity (Wildman–Crippen MR) is 70.8 cm³/mol. The van der Waals surface area contributed by atoms with Gasteiger partial charge >= 0.3 is 0 Å². The Morgan fingerprint density at radius 1 is 1.33 bits per heavy atom. The molecule has 0 aliphatic heterocycles. The molecule has 0 unspecified atom stereocenters. The molecule has 0 bridgehead atoms. The minimum Gasteiger partial charge on any atom is -0.379 e. The van der Waals surface area contributed by atoms with Crippen LogP contribution in [0.5, 0.6) is 0 Å². The normalized spacial score (nSPS) is 12.0. The van der Waals surface area contributed by atoms with E-state index in [2.05, 4.69) is 15.9 Å². The summed E-state index contributed by atoms with van der Waals surface area (Å²) in [5, 5.41) is 0.691. The maximum atomic E-state index is 13.4. The zero-order chi connectivity index (χ0) is 13.6. The van der Waals surface area contributed by atoms with Crippen LogP contribution in [0.25, 0.3) is 0 Å². The Labute approximate surface area is 115 Å². The first-order valence-corrected chi connectivity index (χ1v) is 7.91. The SMILES string of the molecule is CN(CCOCCBr)S(=O)(=O)c1ccccc1F. The van der Waals surface area contributed by atoms with Gasteiger partial charge < -0.3 is 4.74 Å². The minimum atomic E-state index is -3.79. The van der Waals surface area contributed by atoms with Gasteiger partial charge in [-0.2, -0.15) is 4.31 Å². The van der Waals surface area contributed by atoms with Gasteiger partial charge in [-0.15, -0.1) is 0 Å². The van der Waals surface area contributed by atoms with E-state index >= 15 is 0 Å². The molecule has 0 aromatic heterocycles. The van der Waals surface area contributed by atoms with E-state index in [0.29, 0.717) is 11.9 Å². The molecule has 0 spiro atoms. The van der Waals surface area contributed by atoms with Crippen LogP contribution in [-0.4, -0.2) is 44.9 Å². The van der Waals surface area contributed by atoms with E-state index in [-0.39, 0.29) is 18.0 Å². The molecule has 1 aromatic carbocycles. The van der Waals surface area contributed by atoms with Gasteiger partial charge in [0.25, 0.3) is 0 Å². The van der Waals surface area contributed by atoms with Crippen molar-refractivity contribution in [2.75, 3.05) is 32.1 Å². The lowest BCUT2D eigenvalue weighted by molar-refractivity contribution is 0.141. The first-order chi connectivity index (χ1) is 8.50.